The molecule has 0 saturated heterocycles. The van der Waals surface area contributed by atoms with Gasteiger partial charge in [-0.15, -0.1) is 22.7 Å². The first-order valence-electron chi connectivity index (χ1n) is 45.4. The van der Waals surface area contributed by atoms with Crippen LogP contribution in [0.15, 0.2) is 426 Å². The van der Waals surface area contributed by atoms with Crippen molar-refractivity contribution < 1.29 is 8.83 Å². The molecule has 0 aliphatic heterocycles. The molecule has 0 amide bonds. The van der Waals surface area contributed by atoms with Crippen LogP contribution in [0, 0.1) is 0 Å². The molecule has 24 rings (SSSR count). The van der Waals surface area contributed by atoms with Crippen molar-refractivity contribution in [2.24, 2.45) is 0 Å². The molecule has 6 nitrogen and oxygen atoms in total. The highest BCUT2D eigenvalue weighted by Crippen LogP contribution is 2.49. The zero-order chi connectivity index (χ0) is 94.1. The van der Waals surface area contributed by atoms with E-state index in [1.807, 2.05) is 51.9 Å². The number of thiophene rings is 2. The topological polar surface area (TPSA) is 51.4 Å². The molecular formula is C109H72B18BrIN4O2S2. The van der Waals surface area contributed by atoms with Crippen molar-refractivity contribution in [1.82, 2.24) is 9.13 Å². The van der Waals surface area contributed by atoms with Gasteiger partial charge in [0.25, 0.3) is 0 Å². The molecule has 0 spiro atoms. The third-order valence-electron chi connectivity index (χ3n) is 25.8. The number of furan rings is 2. The number of fused-ring (bicyclic) bond motifs is 18. The number of halogens is 2. The van der Waals surface area contributed by atoms with Gasteiger partial charge in [-0.1, -0.05) is 318 Å². The lowest BCUT2D eigenvalue weighted by atomic mass is 8.41. The van der Waals surface area contributed by atoms with Crippen LogP contribution in [0.5, 0.6) is 0 Å². The van der Waals surface area contributed by atoms with Crippen LogP contribution >= 0.6 is 61.2 Å². The van der Waals surface area contributed by atoms with Gasteiger partial charge in [0, 0.05) is 214 Å². The molecule has 18 aromatic carbocycles. The van der Waals surface area contributed by atoms with E-state index < -0.39 is 51.1 Å². The van der Waals surface area contributed by atoms with Gasteiger partial charge in [0.2, 0.25) is 11.4 Å². The number of benzene rings is 18. The number of aromatic nitrogens is 2. The summed E-state index contributed by atoms with van der Waals surface area (Å²) in [5.41, 5.74) is 23.1. The first kappa shape index (κ1) is 92.3. The third-order valence-corrected chi connectivity index (χ3v) is 28.8. The Hall–Kier alpha value is -12.4. The number of anilines is 5. The molecule has 28 heteroatoms. The molecule has 0 atom stereocenters. The molecule has 0 unspecified atom stereocenters. The van der Waals surface area contributed by atoms with Crippen molar-refractivity contribution in [1.29, 1.82) is 0 Å². The zero-order valence-corrected chi connectivity index (χ0v) is 80.3. The maximum atomic E-state index is 6.55. The fourth-order valence-corrected chi connectivity index (χ4v) is 22.0. The minimum absolute atomic E-state index is 0.593. The average molecular weight is 1940 g/mol. The van der Waals surface area contributed by atoms with E-state index in [-0.39, 0.29) is 0 Å². The minimum Gasteiger partial charge on any atom is -0.439 e. The lowest BCUT2D eigenvalue weighted by molar-refractivity contribution is 0.645. The number of nitrogens with one attached hydrogen (secondary N) is 1. The highest BCUT2D eigenvalue weighted by Gasteiger charge is 2.42. The quantitative estimate of drug-likeness (QED) is 0.0528. The van der Waals surface area contributed by atoms with Crippen LogP contribution in [-0.2, 0) is 0 Å². The number of alkyl halides is 1. The van der Waals surface area contributed by atoms with Gasteiger partial charge in [0.1, 0.15) is 11.2 Å². The Morgan fingerprint density at radius 1 is 0.292 bits per heavy atom. The normalized spacial score (nSPS) is 11.2. The van der Waals surface area contributed by atoms with Gasteiger partial charge in [0.15, 0.2) is 0 Å². The van der Waals surface area contributed by atoms with E-state index in [9.17, 15) is 0 Å². The highest BCUT2D eigenvalue weighted by atomic mass is 127. The first-order valence-corrected chi connectivity index (χ1v) is 50.0. The fraction of sp³-hybridized carbons (Fsp3) is 0.00917. The van der Waals surface area contributed by atoms with Gasteiger partial charge in [-0.25, -0.2) is 0 Å². The van der Waals surface area contributed by atoms with Crippen LogP contribution in [0.25, 0.3) is 184 Å². The van der Waals surface area contributed by atoms with Crippen molar-refractivity contribution in [2.75, 3.05) is 15.1 Å². The lowest BCUT2D eigenvalue weighted by Gasteiger charge is -2.40. The lowest BCUT2D eigenvalue weighted by Crippen LogP contribution is -2.78. The summed E-state index contributed by atoms with van der Waals surface area (Å²) in [7, 11) is 56.7. The largest absolute Gasteiger partial charge is 0.439 e. The van der Waals surface area contributed by atoms with E-state index in [0.717, 1.165) is 105 Å². The summed E-state index contributed by atoms with van der Waals surface area (Å²) < 4.78 is 23.8. The number of rotatable bonds is 18. The van der Waals surface area contributed by atoms with Crippen LogP contribution in [0.3, 0.4) is 0 Å². The molecular weight excluding hydrogens is 1860 g/mol. The summed E-state index contributed by atoms with van der Waals surface area (Å²) in [4.78, 5) is 4.38. The molecule has 0 saturated carbocycles. The Morgan fingerprint density at radius 2 is 0.635 bits per heavy atom. The summed E-state index contributed by atoms with van der Waals surface area (Å²) in [5.74, 6) is 0. The predicted octanol–water partition coefficient (Wildman–Crippen LogP) is 26.6. The molecule has 137 heavy (non-hydrogen) atoms. The van der Waals surface area contributed by atoms with Crippen molar-refractivity contribution in [3.05, 3.63) is 417 Å². The molecule has 620 valence electrons. The maximum Gasteiger partial charge on any atom is 0.213 e. The van der Waals surface area contributed by atoms with Gasteiger partial charge in [0.05, 0.1) is 42.6 Å². The van der Waals surface area contributed by atoms with Gasteiger partial charge < -0.3 is 19.1 Å². The first-order chi connectivity index (χ1) is 67.0. The Bertz CT molecular complexity index is 8450. The Morgan fingerprint density at radius 3 is 1.08 bits per heavy atom. The fourth-order valence-electron chi connectivity index (χ4n) is 19.4. The number of hydrogen-bond acceptors (Lipinski definition) is 6. The second-order valence-corrected chi connectivity index (χ2v) is 37.3. The molecule has 24 aromatic rings. The van der Waals surface area contributed by atoms with Crippen molar-refractivity contribution in [3.63, 3.8) is 0 Å². The summed E-state index contributed by atoms with van der Waals surface area (Å²) in [6, 6.07) is 147. The summed E-state index contributed by atoms with van der Waals surface area (Å²) >= 11 is 9.31. The Kier molecular flexibility index (Phi) is 27.4. The molecule has 6 heterocycles. The van der Waals surface area contributed by atoms with Crippen LogP contribution in [0.1, 0.15) is 0 Å². The number of nitrogens with zero attached hydrogens (tertiary/aromatic N) is 3. The predicted molar refractivity (Wildman–Crippen MR) is 626 cm³/mol. The van der Waals surface area contributed by atoms with E-state index in [1.54, 1.807) is 0 Å². The monoisotopic (exact) mass is 1940 g/mol. The summed E-state index contributed by atoms with van der Waals surface area (Å²) in [6.45, 7) is 0. The SMILES string of the molecule is Brc1ccc(-c2ccc3ccccc3c2)cc1.CI.[B]B([B])B(B([B])[B])B(B([B])[B])B(B([B])[B])B([B])[B].c1ccc(-n2c3cc(-c4ccc(N(c5ccc(-c6ccc7ccccc7c6)cc5)c5cccc6c5sc5ccccc56)cc4)ccc3c3c4ccccc4oc32)cc1.c1ccc(-n2c3cc(-c4ccc(Nc5cccc6c5sc5ccccc56)cc4)ccc3c3c4ccccc4oc32)cc1. The van der Waals surface area contributed by atoms with E-state index in [2.05, 4.69) is 446 Å². The zero-order valence-electron chi connectivity index (χ0n) is 74.9. The highest BCUT2D eigenvalue weighted by molar-refractivity contribution is 14.1. The van der Waals surface area contributed by atoms with Gasteiger partial charge in [-0.3, -0.25) is 9.13 Å². The van der Waals surface area contributed by atoms with Crippen LogP contribution in [0.2, 0.25) is 0 Å². The van der Waals surface area contributed by atoms with Crippen molar-refractivity contribution in [3.8, 4) is 55.9 Å². The van der Waals surface area contributed by atoms with E-state index in [1.165, 1.54) is 112 Å². The second kappa shape index (κ2) is 40.7. The average Bonchev–Trinajstić information content (AvgIpc) is 1.56. The molecule has 0 aliphatic carbocycles. The Balaban J connectivity index is 0.000000127. The molecule has 0 bridgehead atoms. The second-order valence-electron chi connectivity index (χ2n) is 34.3. The van der Waals surface area contributed by atoms with E-state index in [4.69, 9.17) is 86.2 Å². The molecule has 0 fully saturated rings. The van der Waals surface area contributed by atoms with Gasteiger partial charge in [-0.2, -0.15) is 0 Å². The van der Waals surface area contributed by atoms with E-state index >= 15 is 0 Å². The summed E-state index contributed by atoms with van der Waals surface area (Å²) in [5, 5.41) is 20.9. The van der Waals surface area contributed by atoms with Crippen LogP contribution in [-0.4, -0.2) is 143 Å². The maximum absolute atomic E-state index is 6.55. The third kappa shape index (κ3) is 18.6. The smallest absolute Gasteiger partial charge is 0.213 e. The van der Waals surface area contributed by atoms with Gasteiger partial charge in [-0.05, 0) is 204 Å². The standard InChI is InChI=1S/C54H34N2OS.C38H24N2OS.C16H11Br.CH3I.B18/c1-2-13-41(14-3-1)56-49-34-40(27-32-46(49)52-47-16-6-8-19-50(47)57-54(52)56)37-25-30-43(31-26-37)55(48-18-10-17-45-44-15-7-9-20-51(44)58-53(45)48)42-28-23-36(24-29-42)39-22-21-35-11-4-5-12-38(35)33-39;1-2-9-27(10-3-1)40-33-23-25(19-22-30(33)36-31-12-4-6-15-34(31)41-38(36)40)24-17-20-26(21-18-24)39-32-14-8-13-29-28-11-5-7-16-35(28)42-37(29)32;17-16-9-7-13(8-10-16)15-6-5-12-3-1-2-4-14(12)11-15;1-2;1-11(2)16(12(3)4)18(15(9)10)17(13(5)6)14(7)8/h1-34H;1-23,39H;1-11H;1H3;. The number of hydrogen-bond donors (Lipinski definition) is 1. The molecule has 20 radical (unpaired) electrons. The molecule has 1 N–H and O–H groups in total. The number of para-hydroxylation sites is 4. The minimum atomic E-state index is -0.853. The van der Waals surface area contributed by atoms with Crippen LogP contribution < -0.4 is 10.2 Å². The van der Waals surface area contributed by atoms with Crippen LogP contribution in [0.4, 0.5) is 28.4 Å². The molecule has 0 aliphatic rings. The van der Waals surface area contributed by atoms with Crippen molar-refractivity contribution in [2.45, 2.75) is 0 Å². The van der Waals surface area contributed by atoms with Crippen molar-refractivity contribution >= 4 is 346 Å². The van der Waals surface area contributed by atoms with Gasteiger partial charge >= 0.3 is 0 Å². The molecule has 6 aromatic heterocycles. The van der Waals surface area contributed by atoms with E-state index in [0.29, 0.717) is 0 Å². The summed E-state index contributed by atoms with van der Waals surface area (Å²) in [6.07, 6.45) is -6.04. The Labute approximate surface area is 844 Å².